The van der Waals surface area contributed by atoms with Crippen molar-refractivity contribution >= 4 is 22.4 Å². The van der Waals surface area contributed by atoms with Crippen molar-refractivity contribution in [2.45, 2.75) is 13.8 Å². The molecule has 2 rings (SSSR count). The monoisotopic (exact) mass is 251 g/mol. The summed E-state index contributed by atoms with van der Waals surface area (Å²) in [4.78, 5) is 11.7. The van der Waals surface area contributed by atoms with Crippen LogP contribution in [0, 0.1) is 19.7 Å². The quantitative estimate of drug-likeness (QED) is 0.892. The first-order valence-corrected chi connectivity index (χ1v) is 5.75. The highest BCUT2D eigenvalue weighted by molar-refractivity contribution is 7.15. The fourth-order valence-electron chi connectivity index (χ4n) is 1.32. The SMILES string of the molecule is Cc1ccc(C(=O)Nc2nnc(C)s2)c(F)c1. The van der Waals surface area contributed by atoms with E-state index in [0.29, 0.717) is 5.13 Å². The lowest BCUT2D eigenvalue weighted by Crippen LogP contribution is -2.13. The van der Waals surface area contributed by atoms with E-state index in [-0.39, 0.29) is 5.56 Å². The Morgan fingerprint density at radius 1 is 1.35 bits per heavy atom. The third kappa shape index (κ3) is 2.65. The lowest BCUT2D eigenvalue weighted by Gasteiger charge is -2.03. The van der Waals surface area contributed by atoms with Crippen LogP contribution in [0.25, 0.3) is 0 Å². The van der Waals surface area contributed by atoms with Crippen LogP contribution in [-0.4, -0.2) is 16.1 Å². The number of halogens is 1. The van der Waals surface area contributed by atoms with Crippen LogP contribution in [0.2, 0.25) is 0 Å². The van der Waals surface area contributed by atoms with Crippen molar-refractivity contribution in [1.29, 1.82) is 0 Å². The van der Waals surface area contributed by atoms with Gasteiger partial charge in [0.1, 0.15) is 10.8 Å². The van der Waals surface area contributed by atoms with E-state index in [1.807, 2.05) is 0 Å². The zero-order valence-electron chi connectivity index (χ0n) is 9.32. The largest absolute Gasteiger partial charge is 0.296 e. The maximum Gasteiger partial charge on any atom is 0.260 e. The van der Waals surface area contributed by atoms with Gasteiger partial charge in [-0.3, -0.25) is 10.1 Å². The number of benzene rings is 1. The molecule has 0 aliphatic carbocycles. The summed E-state index contributed by atoms with van der Waals surface area (Å²) >= 11 is 1.24. The molecule has 1 amide bonds. The zero-order chi connectivity index (χ0) is 12.4. The van der Waals surface area contributed by atoms with Crippen molar-refractivity contribution in [3.8, 4) is 0 Å². The molecule has 1 aromatic carbocycles. The fourth-order valence-corrected chi connectivity index (χ4v) is 1.90. The van der Waals surface area contributed by atoms with Crippen molar-refractivity contribution in [3.63, 3.8) is 0 Å². The number of aromatic nitrogens is 2. The van der Waals surface area contributed by atoms with Crippen molar-refractivity contribution in [1.82, 2.24) is 10.2 Å². The molecule has 0 saturated heterocycles. The summed E-state index contributed by atoms with van der Waals surface area (Å²) in [5.74, 6) is -1.05. The van der Waals surface area contributed by atoms with E-state index in [2.05, 4.69) is 15.5 Å². The van der Waals surface area contributed by atoms with Crippen LogP contribution in [0.1, 0.15) is 20.9 Å². The van der Waals surface area contributed by atoms with E-state index in [9.17, 15) is 9.18 Å². The molecule has 0 fully saturated rings. The summed E-state index contributed by atoms with van der Waals surface area (Å²) in [5, 5.41) is 11.1. The summed E-state index contributed by atoms with van der Waals surface area (Å²) in [6.07, 6.45) is 0. The van der Waals surface area contributed by atoms with Crippen LogP contribution >= 0.6 is 11.3 Å². The Hall–Kier alpha value is -1.82. The second-order valence-electron chi connectivity index (χ2n) is 3.56. The van der Waals surface area contributed by atoms with E-state index in [4.69, 9.17) is 0 Å². The summed E-state index contributed by atoms with van der Waals surface area (Å²) < 4.78 is 13.5. The molecule has 0 atom stereocenters. The molecule has 0 bridgehead atoms. The summed E-state index contributed by atoms with van der Waals surface area (Å²) in [6.45, 7) is 3.54. The molecular formula is C11H10FN3OS. The predicted molar refractivity (Wildman–Crippen MR) is 63.7 cm³/mol. The molecule has 1 heterocycles. The molecule has 6 heteroatoms. The minimum absolute atomic E-state index is 0.00320. The summed E-state index contributed by atoms with van der Waals surface area (Å²) in [6, 6.07) is 4.46. The van der Waals surface area contributed by atoms with E-state index >= 15 is 0 Å². The van der Waals surface area contributed by atoms with Gasteiger partial charge in [-0.25, -0.2) is 4.39 Å². The number of nitrogens with one attached hydrogen (secondary N) is 1. The van der Waals surface area contributed by atoms with Gasteiger partial charge in [0.25, 0.3) is 5.91 Å². The van der Waals surface area contributed by atoms with Crippen LogP contribution in [0.15, 0.2) is 18.2 Å². The highest BCUT2D eigenvalue weighted by atomic mass is 32.1. The molecule has 1 N–H and O–H groups in total. The van der Waals surface area contributed by atoms with Gasteiger partial charge in [-0.05, 0) is 31.5 Å². The van der Waals surface area contributed by atoms with Gasteiger partial charge in [-0.1, -0.05) is 17.4 Å². The Labute approximate surface area is 102 Å². The zero-order valence-corrected chi connectivity index (χ0v) is 10.1. The van der Waals surface area contributed by atoms with E-state index in [1.54, 1.807) is 19.9 Å². The van der Waals surface area contributed by atoms with Crippen LogP contribution in [0.3, 0.4) is 0 Å². The molecule has 88 valence electrons. The summed E-state index contributed by atoms with van der Waals surface area (Å²) in [7, 11) is 0. The number of anilines is 1. The van der Waals surface area contributed by atoms with Gasteiger partial charge in [0.15, 0.2) is 0 Å². The highest BCUT2D eigenvalue weighted by Gasteiger charge is 2.13. The van der Waals surface area contributed by atoms with Crippen molar-refractivity contribution in [3.05, 3.63) is 40.2 Å². The Bertz CT molecular complexity index is 568. The summed E-state index contributed by atoms with van der Waals surface area (Å²) in [5.41, 5.74) is 0.772. The third-order valence-corrected chi connectivity index (χ3v) is 2.87. The lowest BCUT2D eigenvalue weighted by atomic mass is 10.1. The standard InChI is InChI=1S/C11H10FN3OS/c1-6-3-4-8(9(12)5-6)10(16)13-11-15-14-7(2)17-11/h3-5H,1-2H3,(H,13,15,16). The Balaban J connectivity index is 2.20. The van der Waals surface area contributed by atoms with Gasteiger partial charge < -0.3 is 0 Å². The topological polar surface area (TPSA) is 54.9 Å². The average Bonchev–Trinajstić information content (AvgIpc) is 2.63. The van der Waals surface area contributed by atoms with Gasteiger partial charge in [0.2, 0.25) is 5.13 Å². The number of amides is 1. The molecular weight excluding hydrogens is 241 g/mol. The van der Waals surface area contributed by atoms with Crippen LogP contribution in [0.5, 0.6) is 0 Å². The minimum atomic E-state index is -0.538. The molecule has 2 aromatic rings. The van der Waals surface area contributed by atoms with Gasteiger partial charge >= 0.3 is 0 Å². The number of hydrogen-bond acceptors (Lipinski definition) is 4. The maximum absolute atomic E-state index is 13.5. The second-order valence-corrected chi connectivity index (χ2v) is 4.75. The third-order valence-electron chi connectivity index (χ3n) is 2.12. The van der Waals surface area contributed by atoms with Crippen LogP contribution in [-0.2, 0) is 0 Å². The first-order chi connectivity index (χ1) is 8.06. The smallest absolute Gasteiger partial charge is 0.260 e. The van der Waals surface area contributed by atoms with Crippen LogP contribution < -0.4 is 5.32 Å². The van der Waals surface area contributed by atoms with Gasteiger partial charge in [0.05, 0.1) is 5.56 Å². The first kappa shape index (κ1) is 11.7. The molecule has 0 unspecified atom stereocenters. The molecule has 0 spiro atoms. The van der Waals surface area contributed by atoms with Crippen molar-refractivity contribution in [2.24, 2.45) is 0 Å². The Morgan fingerprint density at radius 3 is 2.71 bits per heavy atom. The predicted octanol–water partition coefficient (Wildman–Crippen LogP) is 2.55. The molecule has 1 aromatic heterocycles. The van der Waals surface area contributed by atoms with Crippen LogP contribution in [0.4, 0.5) is 9.52 Å². The highest BCUT2D eigenvalue weighted by Crippen LogP contribution is 2.16. The first-order valence-electron chi connectivity index (χ1n) is 4.94. The average molecular weight is 251 g/mol. The number of hydrogen-bond donors (Lipinski definition) is 1. The molecule has 0 saturated carbocycles. The van der Waals surface area contributed by atoms with Crippen molar-refractivity contribution in [2.75, 3.05) is 5.32 Å². The molecule has 0 radical (unpaired) electrons. The normalized spacial score (nSPS) is 10.3. The van der Waals surface area contributed by atoms with Gasteiger partial charge in [-0.2, -0.15) is 0 Å². The second kappa shape index (κ2) is 4.58. The minimum Gasteiger partial charge on any atom is -0.296 e. The Morgan fingerprint density at radius 2 is 2.12 bits per heavy atom. The molecule has 0 aliphatic heterocycles. The van der Waals surface area contributed by atoms with E-state index < -0.39 is 11.7 Å². The van der Waals surface area contributed by atoms with Crippen molar-refractivity contribution < 1.29 is 9.18 Å². The van der Waals surface area contributed by atoms with E-state index in [1.165, 1.54) is 23.5 Å². The van der Waals surface area contributed by atoms with Gasteiger partial charge in [0, 0.05) is 0 Å². The number of nitrogens with zero attached hydrogens (tertiary/aromatic N) is 2. The Kier molecular flexibility index (Phi) is 3.14. The molecule has 0 aliphatic rings. The number of rotatable bonds is 2. The van der Waals surface area contributed by atoms with Gasteiger partial charge in [-0.15, -0.1) is 10.2 Å². The maximum atomic E-state index is 13.5. The number of carbonyl (C=O) groups is 1. The van der Waals surface area contributed by atoms with E-state index in [0.717, 1.165) is 10.6 Å². The number of aryl methyl sites for hydroxylation is 2. The molecule has 4 nitrogen and oxygen atoms in total. The lowest BCUT2D eigenvalue weighted by molar-refractivity contribution is 0.102. The fraction of sp³-hybridized carbons (Fsp3) is 0.182. The number of carbonyl (C=O) groups excluding carboxylic acids is 1. The molecule has 17 heavy (non-hydrogen) atoms.